The second-order valence-corrected chi connectivity index (χ2v) is 4.96. The smallest absolute Gasteiger partial charge is 0.148 e. The van der Waals surface area contributed by atoms with Crippen LogP contribution in [0.3, 0.4) is 0 Å². The summed E-state index contributed by atoms with van der Waals surface area (Å²) in [6.07, 6.45) is 0. The first kappa shape index (κ1) is 11.7. The summed E-state index contributed by atoms with van der Waals surface area (Å²) < 4.78 is 7.54. The van der Waals surface area contributed by atoms with Crippen molar-refractivity contribution in [2.24, 2.45) is 0 Å². The molecule has 0 aliphatic rings. The number of rotatable bonds is 3. The van der Waals surface area contributed by atoms with Gasteiger partial charge >= 0.3 is 0 Å². The quantitative estimate of drug-likeness (QED) is 0.794. The summed E-state index contributed by atoms with van der Waals surface area (Å²) in [6, 6.07) is 16.7. The van der Waals surface area contributed by atoms with E-state index < -0.39 is 0 Å². The van der Waals surface area contributed by atoms with Crippen molar-refractivity contribution in [1.29, 1.82) is 0 Å². The van der Waals surface area contributed by atoms with Crippen LogP contribution in [0.25, 0.3) is 0 Å². The first-order chi connectivity index (χ1) is 7.77. The van der Waals surface area contributed by atoms with E-state index in [1.54, 1.807) is 0 Å². The van der Waals surface area contributed by atoms with Crippen LogP contribution in [-0.4, -0.2) is 0 Å². The van der Waals surface area contributed by atoms with E-state index in [-0.39, 0.29) is 0 Å². The number of hydrogen-bond donors (Lipinski definition) is 0. The molecule has 1 radical (unpaired) electrons. The predicted molar refractivity (Wildman–Crippen MR) is 71.5 cm³/mol. The largest absolute Gasteiger partial charge is 0.487 e. The van der Waals surface area contributed by atoms with Crippen molar-refractivity contribution in [2.75, 3.05) is 0 Å². The molecule has 0 heterocycles. The van der Waals surface area contributed by atoms with Gasteiger partial charge in [-0.05, 0) is 55.6 Å². The molecule has 0 N–H and O–H groups in total. The van der Waals surface area contributed by atoms with Gasteiger partial charge in [0.1, 0.15) is 12.4 Å². The van der Waals surface area contributed by atoms with E-state index in [2.05, 4.69) is 37.9 Å². The van der Waals surface area contributed by atoms with Crippen LogP contribution >= 0.6 is 31.9 Å². The zero-order chi connectivity index (χ0) is 11.4. The van der Waals surface area contributed by atoms with Gasteiger partial charge in [0.15, 0.2) is 0 Å². The zero-order valence-corrected chi connectivity index (χ0v) is 11.6. The molecule has 1 nitrogen and oxygen atoms in total. The molecule has 0 bridgehead atoms. The number of halogens is 2. The van der Waals surface area contributed by atoms with E-state index >= 15 is 0 Å². The molecule has 0 atom stereocenters. The lowest BCUT2D eigenvalue weighted by Crippen LogP contribution is -1.96. The maximum absolute atomic E-state index is 5.74. The maximum atomic E-state index is 5.74. The summed E-state index contributed by atoms with van der Waals surface area (Å²) in [6.45, 7) is 0.558. The third-order valence-electron chi connectivity index (χ3n) is 2.08. The van der Waals surface area contributed by atoms with E-state index in [0.29, 0.717) is 6.61 Å². The Hall–Kier alpha value is -0.800. The van der Waals surface area contributed by atoms with Crippen LogP contribution < -0.4 is 4.74 Å². The Morgan fingerprint density at radius 3 is 2.25 bits per heavy atom. The second kappa shape index (κ2) is 5.51. The van der Waals surface area contributed by atoms with Gasteiger partial charge in [0, 0.05) is 0 Å². The highest BCUT2D eigenvalue weighted by Crippen LogP contribution is 2.33. The lowest BCUT2D eigenvalue weighted by molar-refractivity contribution is 0.302. The van der Waals surface area contributed by atoms with Crippen molar-refractivity contribution >= 4 is 31.9 Å². The molecule has 0 fully saturated rings. The average Bonchev–Trinajstić information content (AvgIpc) is 2.30. The third kappa shape index (κ3) is 2.86. The third-order valence-corrected chi connectivity index (χ3v) is 3.26. The minimum atomic E-state index is 0.558. The van der Waals surface area contributed by atoms with Gasteiger partial charge in [-0.25, -0.2) is 0 Å². The maximum Gasteiger partial charge on any atom is 0.148 e. The predicted octanol–water partition coefficient (Wildman–Crippen LogP) is 4.59. The summed E-state index contributed by atoms with van der Waals surface area (Å²) in [5.74, 6) is 0.808. The molecule has 0 spiro atoms. The fourth-order valence-electron chi connectivity index (χ4n) is 1.30. The molecule has 2 aromatic rings. The van der Waals surface area contributed by atoms with Gasteiger partial charge in [0.2, 0.25) is 0 Å². The van der Waals surface area contributed by atoms with Crippen LogP contribution in [-0.2, 0) is 6.61 Å². The minimum absolute atomic E-state index is 0.558. The zero-order valence-electron chi connectivity index (χ0n) is 8.41. The normalized spacial score (nSPS) is 10.1. The second-order valence-electron chi connectivity index (χ2n) is 3.25. The van der Waals surface area contributed by atoms with Gasteiger partial charge in [0.05, 0.1) is 8.95 Å². The van der Waals surface area contributed by atoms with Crippen molar-refractivity contribution < 1.29 is 4.74 Å². The first-order valence-electron chi connectivity index (χ1n) is 4.79. The summed E-state index contributed by atoms with van der Waals surface area (Å²) in [5, 5.41) is 0. The van der Waals surface area contributed by atoms with Crippen LogP contribution in [0.15, 0.2) is 51.4 Å². The van der Waals surface area contributed by atoms with Crippen molar-refractivity contribution in [1.82, 2.24) is 0 Å². The monoisotopic (exact) mass is 339 g/mol. The Kier molecular flexibility index (Phi) is 4.02. The van der Waals surface area contributed by atoms with Crippen LogP contribution in [0.1, 0.15) is 5.56 Å². The van der Waals surface area contributed by atoms with Gasteiger partial charge in [0.25, 0.3) is 0 Å². The summed E-state index contributed by atoms with van der Waals surface area (Å²) in [4.78, 5) is 0. The van der Waals surface area contributed by atoms with E-state index in [9.17, 15) is 0 Å². The Labute approximate surface area is 112 Å². The standard InChI is InChI=1S/C13H9Br2O/c14-11-7-4-8-12(15)13(11)16-9-10-5-2-1-3-6-10/h1-3,5-8H,9H2. The average molecular weight is 341 g/mol. The first-order valence-corrected chi connectivity index (χ1v) is 6.38. The highest BCUT2D eigenvalue weighted by atomic mass is 79.9. The molecule has 0 unspecified atom stereocenters. The summed E-state index contributed by atoms with van der Waals surface area (Å²) in [5.41, 5.74) is 1.15. The number of benzene rings is 2. The Balaban J connectivity index is 2.11. The van der Waals surface area contributed by atoms with Gasteiger partial charge in [-0.2, -0.15) is 0 Å². The molecular formula is C13H9Br2O. The SMILES string of the molecule is Brc1c[c]cc(Br)c1OCc1ccccc1. The van der Waals surface area contributed by atoms with Gasteiger partial charge in [-0.15, -0.1) is 0 Å². The van der Waals surface area contributed by atoms with Crippen molar-refractivity contribution in [3.63, 3.8) is 0 Å². The Morgan fingerprint density at radius 2 is 1.62 bits per heavy atom. The molecule has 2 rings (SSSR count). The molecular weight excluding hydrogens is 332 g/mol. The molecule has 81 valence electrons. The lowest BCUT2D eigenvalue weighted by Gasteiger charge is -2.09. The Morgan fingerprint density at radius 1 is 1.00 bits per heavy atom. The lowest BCUT2D eigenvalue weighted by atomic mass is 10.2. The minimum Gasteiger partial charge on any atom is -0.487 e. The number of hydrogen-bond acceptors (Lipinski definition) is 1. The van der Waals surface area contributed by atoms with Gasteiger partial charge in [-0.3, -0.25) is 0 Å². The van der Waals surface area contributed by atoms with Gasteiger partial charge in [-0.1, -0.05) is 30.3 Å². The molecule has 16 heavy (non-hydrogen) atoms. The molecule has 0 amide bonds. The van der Waals surface area contributed by atoms with E-state index in [4.69, 9.17) is 4.74 Å². The van der Waals surface area contributed by atoms with E-state index in [1.807, 2.05) is 42.5 Å². The Bertz CT molecular complexity index is 448. The van der Waals surface area contributed by atoms with Crippen LogP contribution in [0.5, 0.6) is 5.75 Å². The summed E-state index contributed by atoms with van der Waals surface area (Å²) in [7, 11) is 0. The van der Waals surface area contributed by atoms with Gasteiger partial charge < -0.3 is 4.74 Å². The topological polar surface area (TPSA) is 9.23 Å². The van der Waals surface area contributed by atoms with E-state index in [0.717, 1.165) is 20.3 Å². The van der Waals surface area contributed by atoms with Crippen molar-refractivity contribution in [3.8, 4) is 5.75 Å². The number of ether oxygens (including phenoxy) is 1. The molecule has 0 saturated carbocycles. The fraction of sp³-hybridized carbons (Fsp3) is 0.0769. The molecule has 0 saturated heterocycles. The molecule has 0 aromatic heterocycles. The molecule has 2 aromatic carbocycles. The molecule has 3 heteroatoms. The van der Waals surface area contributed by atoms with Crippen LogP contribution in [0, 0.1) is 6.07 Å². The highest BCUT2D eigenvalue weighted by molar-refractivity contribution is 9.11. The summed E-state index contributed by atoms with van der Waals surface area (Å²) >= 11 is 6.87. The van der Waals surface area contributed by atoms with Crippen LogP contribution in [0.4, 0.5) is 0 Å². The molecule has 0 aliphatic carbocycles. The highest BCUT2D eigenvalue weighted by Gasteiger charge is 2.05. The van der Waals surface area contributed by atoms with Crippen LogP contribution in [0.2, 0.25) is 0 Å². The van der Waals surface area contributed by atoms with Crippen molar-refractivity contribution in [2.45, 2.75) is 6.61 Å². The molecule has 0 aliphatic heterocycles. The van der Waals surface area contributed by atoms with Crippen molar-refractivity contribution in [3.05, 3.63) is 63.0 Å². The fourth-order valence-corrected chi connectivity index (χ4v) is 2.49. The van der Waals surface area contributed by atoms with E-state index in [1.165, 1.54) is 0 Å².